The predicted octanol–water partition coefficient (Wildman–Crippen LogP) is 1.48. The zero-order valence-corrected chi connectivity index (χ0v) is 19.3. The normalized spacial score (nSPS) is 15.3. The molecule has 7 nitrogen and oxygen atoms in total. The van der Waals surface area contributed by atoms with Crippen LogP contribution in [0.3, 0.4) is 0 Å². The lowest BCUT2D eigenvalue weighted by Gasteiger charge is -2.36. The first kappa shape index (κ1) is 23.7. The smallest absolute Gasteiger partial charge is 0.219 e. The summed E-state index contributed by atoms with van der Waals surface area (Å²) in [4.78, 5) is 20.2. The van der Waals surface area contributed by atoms with E-state index in [9.17, 15) is 13.2 Å². The first-order valence-corrected chi connectivity index (χ1v) is 10.9. The van der Waals surface area contributed by atoms with Crippen LogP contribution in [0.2, 0.25) is 0 Å². The zero-order chi connectivity index (χ0) is 19.2. The first-order chi connectivity index (χ1) is 12.3. The van der Waals surface area contributed by atoms with Crippen molar-refractivity contribution in [2.24, 2.45) is 4.99 Å². The second-order valence-corrected chi connectivity index (χ2v) is 8.69. The van der Waals surface area contributed by atoms with Gasteiger partial charge in [0.25, 0.3) is 0 Å². The average Bonchev–Trinajstić information content (AvgIpc) is 2.58. The fourth-order valence-corrected chi connectivity index (χ4v) is 3.67. The number of guanidine groups is 1. The van der Waals surface area contributed by atoms with Gasteiger partial charge in [0.1, 0.15) is 0 Å². The van der Waals surface area contributed by atoms with Crippen LogP contribution in [0, 0.1) is 0 Å². The number of carbonyl (C=O) groups excluding carboxylic acids is 1. The van der Waals surface area contributed by atoms with Crippen molar-refractivity contribution in [1.29, 1.82) is 0 Å². The van der Waals surface area contributed by atoms with Gasteiger partial charge in [-0.15, -0.1) is 24.0 Å². The molecular weight excluding hydrogens is 479 g/mol. The Bertz CT molecular complexity index is 742. The van der Waals surface area contributed by atoms with Crippen LogP contribution < -0.4 is 5.32 Å². The van der Waals surface area contributed by atoms with E-state index in [0.29, 0.717) is 19.6 Å². The van der Waals surface area contributed by atoms with Crippen molar-refractivity contribution in [3.05, 3.63) is 35.4 Å². The molecule has 1 saturated heterocycles. The minimum absolute atomic E-state index is 0. The minimum atomic E-state index is -3.02. The Morgan fingerprint density at radius 3 is 2.07 bits per heavy atom. The van der Waals surface area contributed by atoms with Crippen LogP contribution >= 0.6 is 24.0 Å². The Labute approximate surface area is 179 Å². The van der Waals surface area contributed by atoms with Gasteiger partial charge in [-0.3, -0.25) is 4.79 Å². The molecule has 0 aliphatic carbocycles. The lowest BCUT2D eigenvalue weighted by atomic mass is 10.1. The Morgan fingerprint density at radius 1 is 1.07 bits per heavy atom. The van der Waals surface area contributed by atoms with Crippen molar-refractivity contribution < 1.29 is 13.2 Å². The molecule has 152 valence electrons. The Morgan fingerprint density at radius 2 is 1.59 bits per heavy atom. The molecule has 0 bridgehead atoms. The number of sulfone groups is 1. The van der Waals surface area contributed by atoms with Crippen molar-refractivity contribution in [2.45, 2.75) is 26.1 Å². The Kier molecular flexibility index (Phi) is 9.51. The average molecular weight is 508 g/mol. The fourth-order valence-electron chi connectivity index (χ4n) is 2.87. The summed E-state index contributed by atoms with van der Waals surface area (Å²) < 4.78 is 22.7. The van der Waals surface area contributed by atoms with Crippen molar-refractivity contribution in [3.8, 4) is 0 Å². The van der Waals surface area contributed by atoms with Crippen LogP contribution in [0.1, 0.15) is 25.0 Å². The molecule has 0 atom stereocenters. The van der Waals surface area contributed by atoms with Gasteiger partial charge in [-0.2, -0.15) is 0 Å². The van der Waals surface area contributed by atoms with Gasteiger partial charge in [-0.25, -0.2) is 13.4 Å². The van der Waals surface area contributed by atoms with Crippen molar-refractivity contribution in [2.75, 3.05) is 39.0 Å². The fraction of sp³-hybridized carbons (Fsp3) is 0.556. The highest BCUT2D eigenvalue weighted by molar-refractivity contribution is 14.0. The van der Waals surface area contributed by atoms with E-state index in [1.54, 1.807) is 6.92 Å². The van der Waals surface area contributed by atoms with Gasteiger partial charge in [0.2, 0.25) is 5.91 Å². The lowest BCUT2D eigenvalue weighted by molar-refractivity contribution is -0.130. The molecule has 27 heavy (non-hydrogen) atoms. The highest BCUT2D eigenvalue weighted by atomic mass is 127. The van der Waals surface area contributed by atoms with Gasteiger partial charge in [0, 0.05) is 45.9 Å². The largest absolute Gasteiger partial charge is 0.357 e. The third-order valence-electron chi connectivity index (χ3n) is 4.22. The van der Waals surface area contributed by atoms with Gasteiger partial charge in [0.15, 0.2) is 15.8 Å². The lowest BCUT2D eigenvalue weighted by Crippen LogP contribution is -2.53. The molecule has 1 amide bonds. The number of piperazine rings is 1. The van der Waals surface area contributed by atoms with Gasteiger partial charge in [0.05, 0.1) is 12.3 Å². The molecule has 1 aliphatic rings. The SMILES string of the molecule is CCNC(=NCc1ccc(CS(C)(=O)=O)cc1)N1CCN(C(C)=O)CC1.I. The topological polar surface area (TPSA) is 82.1 Å². The summed E-state index contributed by atoms with van der Waals surface area (Å²) >= 11 is 0. The third kappa shape index (κ3) is 8.04. The molecule has 0 radical (unpaired) electrons. The maximum atomic E-state index is 11.4. The molecule has 0 spiro atoms. The molecule has 0 saturated carbocycles. The van der Waals surface area contributed by atoms with Crippen molar-refractivity contribution in [1.82, 2.24) is 15.1 Å². The monoisotopic (exact) mass is 508 g/mol. The molecule has 1 aromatic carbocycles. The first-order valence-electron chi connectivity index (χ1n) is 8.83. The van der Waals surface area contributed by atoms with E-state index < -0.39 is 9.84 Å². The standard InChI is InChI=1S/C18H28N4O3S.HI/c1-4-19-18(22-11-9-21(10-12-22)15(2)23)20-13-16-5-7-17(8-6-16)14-26(3,24)25;/h5-8H,4,9-14H2,1-3H3,(H,19,20);1H. The van der Waals surface area contributed by atoms with Gasteiger partial charge in [-0.05, 0) is 18.1 Å². The molecule has 0 unspecified atom stereocenters. The van der Waals surface area contributed by atoms with E-state index in [0.717, 1.165) is 36.7 Å². The second kappa shape index (κ2) is 10.8. The summed E-state index contributed by atoms with van der Waals surface area (Å²) in [5.74, 6) is 1.01. The van der Waals surface area contributed by atoms with Crippen LogP contribution in [0.4, 0.5) is 0 Å². The Balaban J connectivity index is 0.00000364. The number of halogens is 1. The molecule has 0 aromatic heterocycles. The summed E-state index contributed by atoms with van der Waals surface area (Å²) in [5.41, 5.74) is 1.81. The predicted molar refractivity (Wildman–Crippen MR) is 119 cm³/mol. The molecule has 1 fully saturated rings. The number of amides is 1. The van der Waals surface area contributed by atoms with Crippen LogP contribution in [0.25, 0.3) is 0 Å². The number of rotatable bonds is 5. The molecule has 1 aromatic rings. The van der Waals surface area contributed by atoms with Crippen molar-refractivity contribution in [3.63, 3.8) is 0 Å². The molecule has 1 heterocycles. The van der Waals surface area contributed by atoms with Crippen LogP contribution in [-0.2, 0) is 26.9 Å². The number of carbonyl (C=O) groups is 1. The van der Waals surface area contributed by atoms with E-state index in [-0.39, 0.29) is 35.6 Å². The highest BCUT2D eigenvalue weighted by Gasteiger charge is 2.20. The van der Waals surface area contributed by atoms with Crippen LogP contribution in [-0.4, -0.2) is 69.1 Å². The quantitative estimate of drug-likeness (QED) is 0.370. The van der Waals surface area contributed by atoms with Crippen LogP contribution in [0.5, 0.6) is 0 Å². The third-order valence-corrected chi connectivity index (χ3v) is 5.08. The number of hydrogen-bond acceptors (Lipinski definition) is 4. The minimum Gasteiger partial charge on any atom is -0.357 e. The number of aliphatic imine (C=N–C) groups is 1. The zero-order valence-electron chi connectivity index (χ0n) is 16.1. The number of benzene rings is 1. The molecule has 1 N–H and O–H groups in total. The van der Waals surface area contributed by atoms with E-state index in [4.69, 9.17) is 4.99 Å². The maximum Gasteiger partial charge on any atom is 0.219 e. The molecule has 9 heteroatoms. The van der Waals surface area contributed by atoms with E-state index >= 15 is 0 Å². The van der Waals surface area contributed by atoms with Crippen molar-refractivity contribution >= 4 is 45.7 Å². The second-order valence-electron chi connectivity index (χ2n) is 6.55. The van der Waals surface area contributed by atoms with E-state index in [1.165, 1.54) is 6.26 Å². The highest BCUT2D eigenvalue weighted by Crippen LogP contribution is 2.10. The van der Waals surface area contributed by atoms with E-state index in [1.807, 2.05) is 36.1 Å². The summed E-state index contributed by atoms with van der Waals surface area (Å²) in [6.07, 6.45) is 1.24. The number of nitrogens with zero attached hydrogens (tertiary/aromatic N) is 3. The summed E-state index contributed by atoms with van der Waals surface area (Å²) in [6, 6.07) is 7.51. The molecule has 2 rings (SSSR count). The Hall–Kier alpha value is -1.36. The van der Waals surface area contributed by atoms with Gasteiger partial charge >= 0.3 is 0 Å². The molecular formula is C18H29IN4O3S. The van der Waals surface area contributed by atoms with E-state index in [2.05, 4.69) is 10.2 Å². The summed E-state index contributed by atoms with van der Waals surface area (Å²) in [6.45, 7) is 7.87. The molecule has 1 aliphatic heterocycles. The number of nitrogens with one attached hydrogen (secondary N) is 1. The number of hydrogen-bond donors (Lipinski definition) is 1. The van der Waals surface area contributed by atoms with Gasteiger partial charge < -0.3 is 15.1 Å². The van der Waals surface area contributed by atoms with Gasteiger partial charge in [-0.1, -0.05) is 24.3 Å². The maximum absolute atomic E-state index is 11.4. The summed E-state index contributed by atoms with van der Waals surface area (Å²) in [7, 11) is -3.02. The van der Waals surface area contributed by atoms with Crippen LogP contribution in [0.15, 0.2) is 29.3 Å². The summed E-state index contributed by atoms with van der Waals surface area (Å²) in [5, 5.41) is 3.30.